The second-order valence-corrected chi connectivity index (χ2v) is 6.37. The highest BCUT2D eigenvalue weighted by atomic mass is 16.5. The average Bonchev–Trinajstić information content (AvgIpc) is 3.07. The summed E-state index contributed by atoms with van der Waals surface area (Å²) in [7, 11) is 0. The molecule has 4 atom stereocenters. The third-order valence-corrected chi connectivity index (χ3v) is 5.20. The molecule has 2 saturated heterocycles. The van der Waals surface area contributed by atoms with E-state index in [4.69, 9.17) is 4.74 Å². The zero-order chi connectivity index (χ0) is 13.9. The SMILES string of the molecule is CCN1CCOC(CNC(=O)C2NCC3CCCC32)C1. The summed E-state index contributed by atoms with van der Waals surface area (Å²) in [4.78, 5) is 14.7. The molecule has 5 heteroatoms. The molecule has 4 unspecified atom stereocenters. The van der Waals surface area contributed by atoms with E-state index in [1.54, 1.807) is 0 Å². The number of hydrogen-bond donors (Lipinski definition) is 2. The molecule has 3 fully saturated rings. The standard InChI is InChI=1S/C15H27N3O2/c1-2-18-6-7-20-12(10-18)9-17-15(19)14-13-5-3-4-11(13)8-16-14/h11-14,16H,2-10H2,1H3,(H,17,19). The Hall–Kier alpha value is -0.650. The van der Waals surface area contributed by atoms with E-state index in [-0.39, 0.29) is 18.1 Å². The third-order valence-electron chi connectivity index (χ3n) is 5.20. The van der Waals surface area contributed by atoms with Crippen molar-refractivity contribution in [1.29, 1.82) is 0 Å². The number of likely N-dealkylation sites (N-methyl/N-ethyl adjacent to an activating group) is 1. The maximum atomic E-state index is 12.3. The molecular weight excluding hydrogens is 254 g/mol. The Balaban J connectivity index is 1.45. The summed E-state index contributed by atoms with van der Waals surface area (Å²) in [6.07, 6.45) is 3.93. The molecule has 0 radical (unpaired) electrons. The maximum Gasteiger partial charge on any atom is 0.237 e. The molecule has 114 valence electrons. The van der Waals surface area contributed by atoms with Crippen molar-refractivity contribution < 1.29 is 9.53 Å². The summed E-state index contributed by atoms with van der Waals surface area (Å²) in [5, 5.41) is 6.50. The molecule has 2 heterocycles. The second-order valence-electron chi connectivity index (χ2n) is 6.37. The monoisotopic (exact) mass is 281 g/mol. The molecule has 2 aliphatic heterocycles. The molecule has 0 aromatic rings. The highest BCUT2D eigenvalue weighted by Gasteiger charge is 2.42. The van der Waals surface area contributed by atoms with Crippen molar-refractivity contribution in [3.8, 4) is 0 Å². The molecule has 0 aromatic heterocycles. The summed E-state index contributed by atoms with van der Waals surface area (Å²) in [5.41, 5.74) is 0. The lowest BCUT2D eigenvalue weighted by molar-refractivity contribution is -0.125. The molecule has 1 aliphatic carbocycles. The highest BCUT2D eigenvalue weighted by Crippen LogP contribution is 2.37. The minimum absolute atomic E-state index is 0.0355. The Morgan fingerprint density at radius 3 is 3.20 bits per heavy atom. The molecular formula is C15H27N3O2. The van der Waals surface area contributed by atoms with Crippen LogP contribution in [-0.2, 0) is 9.53 Å². The predicted molar refractivity (Wildman–Crippen MR) is 77.5 cm³/mol. The van der Waals surface area contributed by atoms with Gasteiger partial charge in [-0.3, -0.25) is 9.69 Å². The lowest BCUT2D eigenvalue weighted by Crippen LogP contribution is -2.50. The molecule has 3 rings (SSSR count). The number of rotatable bonds is 4. The quantitative estimate of drug-likeness (QED) is 0.773. The van der Waals surface area contributed by atoms with Crippen molar-refractivity contribution in [3.05, 3.63) is 0 Å². The van der Waals surface area contributed by atoms with E-state index in [2.05, 4.69) is 22.5 Å². The number of nitrogens with one attached hydrogen (secondary N) is 2. The van der Waals surface area contributed by atoms with E-state index in [1.165, 1.54) is 19.3 Å². The summed E-state index contributed by atoms with van der Waals surface area (Å²) >= 11 is 0. The number of carbonyl (C=O) groups is 1. The molecule has 20 heavy (non-hydrogen) atoms. The van der Waals surface area contributed by atoms with Crippen molar-refractivity contribution in [2.45, 2.75) is 38.3 Å². The van der Waals surface area contributed by atoms with E-state index in [1.807, 2.05) is 0 Å². The number of hydrogen-bond acceptors (Lipinski definition) is 4. The lowest BCUT2D eigenvalue weighted by atomic mass is 9.93. The Morgan fingerprint density at radius 1 is 1.45 bits per heavy atom. The Labute approximate surface area is 121 Å². The first-order valence-corrected chi connectivity index (χ1v) is 8.13. The van der Waals surface area contributed by atoms with Crippen LogP contribution in [0.2, 0.25) is 0 Å². The topological polar surface area (TPSA) is 53.6 Å². The first-order chi connectivity index (χ1) is 9.78. The Morgan fingerprint density at radius 2 is 2.35 bits per heavy atom. The van der Waals surface area contributed by atoms with E-state index in [0.29, 0.717) is 12.5 Å². The number of morpholine rings is 1. The van der Waals surface area contributed by atoms with Crippen molar-refractivity contribution >= 4 is 5.91 Å². The molecule has 1 amide bonds. The van der Waals surface area contributed by atoms with Gasteiger partial charge in [-0.05, 0) is 37.8 Å². The molecule has 5 nitrogen and oxygen atoms in total. The van der Waals surface area contributed by atoms with Gasteiger partial charge >= 0.3 is 0 Å². The molecule has 0 aromatic carbocycles. The van der Waals surface area contributed by atoms with Gasteiger partial charge in [-0.15, -0.1) is 0 Å². The summed E-state index contributed by atoms with van der Waals surface area (Å²) in [6, 6.07) is 0.0355. The van der Waals surface area contributed by atoms with Crippen molar-refractivity contribution in [2.75, 3.05) is 39.3 Å². The third kappa shape index (κ3) is 3.00. The van der Waals surface area contributed by atoms with E-state index >= 15 is 0 Å². The zero-order valence-corrected chi connectivity index (χ0v) is 12.4. The van der Waals surface area contributed by atoms with Crippen LogP contribution in [-0.4, -0.2) is 62.3 Å². The van der Waals surface area contributed by atoms with Crippen LogP contribution in [0.4, 0.5) is 0 Å². The van der Waals surface area contributed by atoms with Gasteiger partial charge in [0.15, 0.2) is 0 Å². The van der Waals surface area contributed by atoms with Crippen molar-refractivity contribution in [3.63, 3.8) is 0 Å². The van der Waals surface area contributed by atoms with Gasteiger partial charge in [-0.2, -0.15) is 0 Å². The van der Waals surface area contributed by atoms with Crippen molar-refractivity contribution in [2.24, 2.45) is 11.8 Å². The zero-order valence-electron chi connectivity index (χ0n) is 12.4. The summed E-state index contributed by atoms with van der Waals surface area (Å²) < 4.78 is 5.73. The molecule has 2 N–H and O–H groups in total. The van der Waals surface area contributed by atoms with Crippen LogP contribution in [0.15, 0.2) is 0 Å². The molecule has 1 saturated carbocycles. The normalized spacial score (nSPS) is 37.9. The minimum Gasteiger partial charge on any atom is -0.374 e. The van der Waals surface area contributed by atoms with Crippen LogP contribution < -0.4 is 10.6 Å². The predicted octanol–water partition coefficient (Wildman–Crippen LogP) is 0.211. The number of nitrogens with zero attached hydrogens (tertiary/aromatic N) is 1. The van der Waals surface area contributed by atoms with Crippen molar-refractivity contribution in [1.82, 2.24) is 15.5 Å². The van der Waals surface area contributed by atoms with Gasteiger partial charge in [0.1, 0.15) is 0 Å². The number of ether oxygens (including phenoxy) is 1. The number of amides is 1. The van der Waals surface area contributed by atoms with Crippen LogP contribution >= 0.6 is 0 Å². The molecule has 0 spiro atoms. The van der Waals surface area contributed by atoms with Gasteiger partial charge in [0.05, 0.1) is 18.8 Å². The van der Waals surface area contributed by atoms with Gasteiger partial charge in [-0.1, -0.05) is 13.3 Å². The lowest BCUT2D eigenvalue weighted by Gasteiger charge is -2.32. The van der Waals surface area contributed by atoms with Crippen LogP contribution in [0, 0.1) is 11.8 Å². The Bertz CT molecular complexity index is 350. The van der Waals surface area contributed by atoms with E-state index in [9.17, 15) is 4.79 Å². The molecule has 0 bridgehead atoms. The fourth-order valence-corrected chi connectivity index (χ4v) is 3.99. The Kier molecular flexibility index (Phi) is 4.58. The van der Waals surface area contributed by atoms with Gasteiger partial charge in [0, 0.05) is 19.6 Å². The fraction of sp³-hybridized carbons (Fsp3) is 0.933. The van der Waals surface area contributed by atoms with E-state index < -0.39 is 0 Å². The largest absolute Gasteiger partial charge is 0.374 e. The minimum atomic E-state index is 0.0355. The van der Waals surface area contributed by atoms with E-state index in [0.717, 1.165) is 38.7 Å². The highest BCUT2D eigenvalue weighted by molar-refractivity contribution is 5.82. The first-order valence-electron chi connectivity index (χ1n) is 8.13. The molecule has 3 aliphatic rings. The van der Waals surface area contributed by atoms with Gasteiger partial charge in [-0.25, -0.2) is 0 Å². The van der Waals surface area contributed by atoms with Crippen LogP contribution in [0.1, 0.15) is 26.2 Å². The average molecular weight is 281 g/mol. The van der Waals surface area contributed by atoms with Gasteiger partial charge in [0.25, 0.3) is 0 Å². The number of carbonyl (C=O) groups excluding carboxylic acids is 1. The first kappa shape index (κ1) is 14.3. The van der Waals surface area contributed by atoms with Crippen LogP contribution in [0.5, 0.6) is 0 Å². The van der Waals surface area contributed by atoms with Gasteiger partial charge < -0.3 is 15.4 Å². The smallest absolute Gasteiger partial charge is 0.237 e. The number of fused-ring (bicyclic) bond motifs is 1. The summed E-state index contributed by atoms with van der Waals surface area (Å²) in [6.45, 7) is 7.61. The maximum absolute atomic E-state index is 12.3. The second kappa shape index (κ2) is 6.41. The van der Waals surface area contributed by atoms with Gasteiger partial charge in [0.2, 0.25) is 5.91 Å². The fourth-order valence-electron chi connectivity index (χ4n) is 3.99. The van der Waals surface area contributed by atoms with Crippen LogP contribution in [0.25, 0.3) is 0 Å². The van der Waals surface area contributed by atoms with Crippen LogP contribution in [0.3, 0.4) is 0 Å². The summed E-state index contributed by atoms with van der Waals surface area (Å²) in [5.74, 6) is 1.47.